The lowest BCUT2D eigenvalue weighted by atomic mass is 9.71. The van der Waals surface area contributed by atoms with Crippen LogP contribution in [0, 0.1) is 5.41 Å². The first kappa shape index (κ1) is 30.0. The van der Waals surface area contributed by atoms with Gasteiger partial charge in [0.05, 0.1) is 5.41 Å². The molecule has 1 unspecified atom stereocenters. The van der Waals surface area contributed by atoms with Crippen molar-refractivity contribution in [2.24, 2.45) is 11.1 Å². The SMILES string of the molecule is CCCCCCCCC(CCCN)(Cc1ccccc1)C(OCC)(OCC)OCC.N. The van der Waals surface area contributed by atoms with E-state index in [2.05, 4.69) is 37.3 Å². The zero-order chi connectivity index (χ0) is 22.1. The molecule has 5 heteroatoms. The van der Waals surface area contributed by atoms with Gasteiger partial charge in [-0.1, -0.05) is 75.8 Å². The second-order valence-electron chi connectivity index (χ2n) is 8.21. The maximum atomic E-state index is 6.36. The van der Waals surface area contributed by atoms with Crippen LogP contribution in [0.4, 0.5) is 0 Å². The summed E-state index contributed by atoms with van der Waals surface area (Å²) in [6.07, 6.45) is 11.3. The monoisotopic (exact) mass is 438 g/mol. The average molecular weight is 439 g/mol. The third-order valence-corrected chi connectivity index (χ3v) is 5.91. The van der Waals surface area contributed by atoms with Gasteiger partial charge in [-0.2, -0.15) is 0 Å². The first-order valence-corrected chi connectivity index (χ1v) is 12.3. The van der Waals surface area contributed by atoms with Crippen molar-refractivity contribution < 1.29 is 14.2 Å². The summed E-state index contributed by atoms with van der Waals surface area (Å²) in [5.74, 6) is -1.04. The van der Waals surface area contributed by atoms with Gasteiger partial charge in [-0.3, -0.25) is 0 Å². The van der Waals surface area contributed by atoms with Crippen LogP contribution in [-0.2, 0) is 20.6 Å². The van der Waals surface area contributed by atoms with Crippen LogP contribution in [-0.4, -0.2) is 32.3 Å². The smallest absolute Gasteiger partial charge is 0.289 e. The molecule has 1 aromatic rings. The van der Waals surface area contributed by atoms with Crippen LogP contribution < -0.4 is 11.9 Å². The highest BCUT2D eigenvalue weighted by atomic mass is 16.9. The van der Waals surface area contributed by atoms with Crippen molar-refractivity contribution in [2.75, 3.05) is 26.4 Å². The Kier molecular flexibility index (Phi) is 17.0. The van der Waals surface area contributed by atoms with Crippen molar-refractivity contribution in [3.8, 4) is 0 Å². The van der Waals surface area contributed by atoms with Crippen LogP contribution >= 0.6 is 0 Å². The highest BCUT2D eigenvalue weighted by molar-refractivity contribution is 5.17. The van der Waals surface area contributed by atoms with E-state index in [-0.39, 0.29) is 11.6 Å². The minimum Gasteiger partial charge on any atom is -0.344 e. The van der Waals surface area contributed by atoms with Crippen molar-refractivity contribution in [2.45, 2.75) is 97.9 Å². The minimum atomic E-state index is -1.04. The van der Waals surface area contributed by atoms with Crippen LogP contribution in [0.2, 0.25) is 0 Å². The molecule has 0 radical (unpaired) electrons. The molecule has 0 fully saturated rings. The molecule has 1 aromatic carbocycles. The summed E-state index contributed by atoms with van der Waals surface area (Å²) in [6, 6.07) is 10.7. The molecule has 1 atom stereocenters. The molecule has 182 valence electrons. The first-order valence-electron chi connectivity index (χ1n) is 12.3. The van der Waals surface area contributed by atoms with E-state index in [1.54, 1.807) is 0 Å². The van der Waals surface area contributed by atoms with Gasteiger partial charge in [-0.25, -0.2) is 0 Å². The molecular weight excluding hydrogens is 388 g/mol. The lowest BCUT2D eigenvalue weighted by Gasteiger charge is -2.49. The number of hydrogen-bond acceptors (Lipinski definition) is 5. The summed E-state index contributed by atoms with van der Waals surface area (Å²) < 4.78 is 19.1. The standard InChI is InChI=1S/C26H47NO3.H3N/c1-5-9-10-11-12-16-20-25(21-17-22-27,23-24-18-14-13-15-19-24)26(28-6-2,29-7-3)30-8-4;/h13-15,18-19H,5-12,16-17,20-23,27H2,1-4H3;1H3. The summed E-state index contributed by atoms with van der Waals surface area (Å²) in [5.41, 5.74) is 7.00. The maximum absolute atomic E-state index is 6.36. The Balaban J connectivity index is 0.00000900. The predicted octanol–water partition coefficient (Wildman–Crippen LogP) is 6.63. The lowest BCUT2D eigenvalue weighted by molar-refractivity contribution is -0.430. The Morgan fingerprint density at radius 1 is 0.710 bits per heavy atom. The molecule has 0 saturated heterocycles. The van der Waals surface area contributed by atoms with Gasteiger partial charge >= 0.3 is 0 Å². The van der Waals surface area contributed by atoms with Gasteiger partial charge in [-0.15, -0.1) is 0 Å². The molecule has 0 aliphatic heterocycles. The second kappa shape index (κ2) is 17.6. The molecule has 0 amide bonds. The highest BCUT2D eigenvalue weighted by Gasteiger charge is 2.54. The third kappa shape index (κ3) is 9.58. The number of benzene rings is 1. The average Bonchev–Trinajstić information content (AvgIpc) is 2.75. The molecule has 0 aromatic heterocycles. The summed E-state index contributed by atoms with van der Waals surface area (Å²) in [4.78, 5) is 0. The Bertz CT molecular complexity index is 510. The minimum absolute atomic E-state index is 0. The summed E-state index contributed by atoms with van der Waals surface area (Å²) >= 11 is 0. The molecule has 5 N–H and O–H groups in total. The molecule has 0 spiro atoms. The van der Waals surface area contributed by atoms with Crippen molar-refractivity contribution in [3.05, 3.63) is 35.9 Å². The quantitative estimate of drug-likeness (QED) is 0.187. The molecule has 0 aliphatic rings. The van der Waals surface area contributed by atoms with E-state index in [0.29, 0.717) is 26.4 Å². The van der Waals surface area contributed by atoms with Crippen LogP contribution in [0.25, 0.3) is 0 Å². The maximum Gasteiger partial charge on any atom is 0.289 e. The van der Waals surface area contributed by atoms with E-state index >= 15 is 0 Å². The van der Waals surface area contributed by atoms with Crippen LogP contribution in [0.5, 0.6) is 0 Å². The normalized spacial score (nSPS) is 13.6. The van der Waals surface area contributed by atoms with Crippen molar-refractivity contribution >= 4 is 0 Å². The Morgan fingerprint density at radius 3 is 1.74 bits per heavy atom. The van der Waals surface area contributed by atoms with Gasteiger partial charge in [0.15, 0.2) is 0 Å². The fourth-order valence-electron chi connectivity index (χ4n) is 4.54. The number of rotatable bonds is 19. The van der Waals surface area contributed by atoms with Crippen molar-refractivity contribution in [1.29, 1.82) is 0 Å². The predicted molar refractivity (Wildman–Crippen MR) is 131 cm³/mol. The number of nitrogens with two attached hydrogens (primary N) is 1. The van der Waals surface area contributed by atoms with Gasteiger partial charge < -0.3 is 26.1 Å². The molecule has 0 aliphatic carbocycles. The zero-order valence-electron chi connectivity index (χ0n) is 20.8. The molecule has 31 heavy (non-hydrogen) atoms. The van der Waals surface area contributed by atoms with Gasteiger partial charge in [0.2, 0.25) is 0 Å². The fourth-order valence-corrected chi connectivity index (χ4v) is 4.54. The summed E-state index contributed by atoms with van der Waals surface area (Å²) in [7, 11) is 0. The van der Waals surface area contributed by atoms with E-state index in [1.165, 1.54) is 37.7 Å². The van der Waals surface area contributed by atoms with Gasteiger partial charge in [0, 0.05) is 19.8 Å². The van der Waals surface area contributed by atoms with Crippen LogP contribution in [0.1, 0.15) is 91.0 Å². The van der Waals surface area contributed by atoms with Crippen molar-refractivity contribution in [1.82, 2.24) is 6.15 Å². The Labute approximate surface area is 192 Å². The van der Waals surface area contributed by atoms with Crippen LogP contribution in [0.3, 0.4) is 0 Å². The van der Waals surface area contributed by atoms with E-state index in [4.69, 9.17) is 19.9 Å². The van der Waals surface area contributed by atoms with Gasteiger partial charge in [-0.05, 0) is 58.6 Å². The molecule has 0 saturated carbocycles. The molecular formula is C26H50N2O3. The topological polar surface area (TPSA) is 88.7 Å². The van der Waals surface area contributed by atoms with Gasteiger partial charge in [0.1, 0.15) is 0 Å². The van der Waals surface area contributed by atoms with E-state index < -0.39 is 5.97 Å². The number of ether oxygens (including phenoxy) is 3. The second-order valence-corrected chi connectivity index (χ2v) is 8.21. The molecule has 0 bridgehead atoms. The summed E-state index contributed by atoms with van der Waals surface area (Å²) in [6.45, 7) is 10.6. The van der Waals surface area contributed by atoms with Crippen LogP contribution in [0.15, 0.2) is 30.3 Å². The van der Waals surface area contributed by atoms with E-state index in [0.717, 1.165) is 32.1 Å². The number of unbranched alkanes of at least 4 members (excludes halogenated alkanes) is 5. The summed E-state index contributed by atoms with van der Waals surface area (Å²) in [5, 5.41) is 0. The van der Waals surface area contributed by atoms with E-state index in [9.17, 15) is 0 Å². The number of hydrogen-bond donors (Lipinski definition) is 2. The molecule has 0 heterocycles. The Morgan fingerprint density at radius 2 is 1.23 bits per heavy atom. The lowest BCUT2D eigenvalue weighted by Crippen LogP contribution is -2.56. The Hall–Kier alpha value is -0.980. The highest BCUT2D eigenvalue weighted by Crippen LogP contribution is 2.48. The van der Waals surface area contributed by atoms with E-state index in [1.807, 2.05) is 20.8 Å². The third-order valence-electron chi connectivity index (χ3n) is 5.91. The van der Waals surface area contributed by atoms with Crippen molar-refractivity contribution in [3.63, 3.8) is 0 Å². The molecule has 1 rings (SSSR count). The fraction of sp³-hybridized carbons (Fsp3) is 0.769. The first-order chi connectivity index (χ1) is 14.6. The molecule has 5 nitrogen and oxygen atoms in total. The largest absolute Gasteiger partial charge is 0.344 e. The van der Waals surface area contributed by atoms with Gasteiger partial charge in [0.25, 0.3) is 5.97 Å². The zero-order valence-corrected chi connectivity index (χ0v) is 20.8.